The second-order valence-corrected chi connectivity index (χ2v) is 8.51. The third-order valence-electron chi connectivity index (χ3n) is 6.49. The zero-order valence-corrected chi connectivity index (χ0v) is 18.1. The number of nitriles is 1. The van der Waals surface area contributed by atoms with Crippen LogP contribution < -0.4 is 21.0 Å². The van der Waals surface area contributed by atoms with Crippen LogP contribution in [0, 0.1) is 18.3 Å². The minimum atomic E-state index is -1.73. The van der Waals surface area contributed by atoms with Crippen LogP contribution in [-0.2, 0) is 10.2 Å². The summed E-state index contributed by atoms with van der Waals surface area (Å²) in [6, 6.07) is 12.9. The maximum atomic E-state index is 13.8. The molecule has 1 amide bonds. The van der Waals surface area contributed by atoms with Gasteiger partial charge in [-0.2, -0.15) is 5.26 Å². The van der Waals surface area contributed by atoms with Crippen LogP contribution >= 0.6 is 0 Å². The Labute approximate surface area is 184 Å². The van der Waals surface area contributed by atoms with Gasteiger partial charge in [-0.15, -0.1) is 0 Å². The number of carbonyl (C=O) groups is 1. The molecule has 1 aromatic heterocycles. The van der Waals surface area contributed by atoms with Gasteiger partial charge in [-0.05, 0) is 30.0 Å². The number of aryl methyl sites for hydroxylation is 1. The summed E-state index contributed by atoms with van der Waals surface area (Å²) in [5.74, 6) is -0.391. The Morgan fingerprint density at radius 3 is 2.56 bits per heavy atom. The van der Waals surface area contributed by atoms with E-state index in [9.17, 15) is 14.9 Å². The fourth-order valence-electron chi connectivity index (χ4n) is 4.98. The second kappa shape index (κ2) is 6.47. The van der Waals surface area contributed by atoms with Gasteiger partial charge in [0.2, 0.25) is 11.8 Å². The summed E-state index contributed by atoms with van der Waals surface area (Å²) in [7, 11) is 1.61. The van der Waals surface area contributed by atoms with Crippen molar-refractivity contribution in [3.8, 4) is 11.8 Å². The summed E-state index contributed by atoms with van der Waals surface area (Å²) < 4.78 is 11.8. The van der Waals surface area contributed by atoms with Crippen LogP contribution in [0.4, 0.5) is 5.69 Å². The van der Waals surface area contributed by atoms with E-state index in [0.717, 1.165) is 11.1 Å². The Hall–Kier alpha value is -4.05. The van der Waals surface area contributed by atoms with Crippen molar-refractivity contribution in [1.82, 2.24) is 0 Å². The summed E-state index contributed by atoms with van der Waals surface area (Å²) in [5, 5.41) is 10.6. The predicted molar refractivity (Wildman–Crippen MR) is 119 cm³/mol. The molecule has 5 rings (SSSR count). The van der Waals surface area contributed by atoms with Crippen LogP contribution in [0.5, 0.6) is 5.75 Å². The van der Waals surface area contributed by atoms with Crippen molar-refractivity contribution in [1.29, 1.82) is 5.26 Å². The highest BCUT2D eigenvalue weighted by Crippen LogP contribution is 2.55. The van der Waals surface area contributed by atoms with Gasteiger partial charge in [0.1, 0.15) is 22.8 Å². The number of likely N-dealkylation sites (N-methyl/N-ethyl adjacent to an activating group) is 1. The summed E-state index contributed by atoms with van der Waals surface area (Å²) in [6.07, 6.45) is 0. The van der Waals surface area contributed by atoms with Crippen molar-refractivity contribution in [3.63, 3.8) is 0 Å². The Morgan fingerprint density at radius 2 is 1.88 bits per heavy atom. The molecule has 0 fully saturated rings. The highest BCUT2D eigenvalue weighted by Gasteiger charge is 2.60. The van der Waals surface area contributed by atoms with Gasteiger partial charge in [0.25, 0.3) is 0 Å². The Bertz CT molecular complexity index is 1480. The number of para-hydroxylation sites is 1. The van der Waals surface area contributed by atoms with Crippen LogP contribution in [0.25, 0.3) is 11.0 Å². The third-order valence-corrected chi connectivity index (χ3v) is 6.49. The molecule has 2 aliphatic heterocycles. The molecule has 3 heterocycles. The first-order valence-corrected chi connectivity index (χ1v) is 10.3. The number of benzene rings is 2. The fourth-order valence-corrected chi connectivity index (χ4v) is 4.98. The van der Waals surface area contributed by atoms with E-state index in [1.807, 2.05) is 39.0 Å². The van der Waals surface area contributed by atoms with Crippen molar-refractivity contribution in [2.75, 3.05) is 11.9 Å². The highest BCUT2D eigenvalue weighted by molar-refractivity contribution is 6.14. The normalized spacial score (nSPS) is 19.4. The zero-order chi connectivity index (χ0) is 22.9. The summed E-state index contributed by atoms with van der Waals surface area (Å²) in [6.45, 7) is 5.87. The van der Waals surface area contributed by atoms with Gasteiger partial charge in [0, 0.05) is 18.3 Å². The number of nitrogens with two attached hydrogens (primary N) is 1. The van der Waals surface area contributed by atoms with Gasteiger partial charge in [-0.25, -0.2) is 4.79 Å². The Morgan fingerprint density at radius 1 is 1.16 bits per heavy atom. The molecular weight excluding hydrogens is 406 g/mol. The number of hydrogen-bond donors (Lipinski definition) is 1. The third kappa shape index (κ3) is 2.19. The molecular formula is C25H21N3O4. The number of rotatable bonds is 1. The van der Waals surface area contributed by atoms with Gasteiger partial charge >= 0.3 is 5.63 Å². The van der Waals surface area contributed by atoms with Crippen molar-refractivity contribution < 1.29 is 13.9 Å². The molecule has 160 valence electrons. The van der Waals surface area contributed by atoms with Gasteiger partial charge in [0.05, 0.1) is 5.39 Å². The van der Waals surface area contributed by atoms with Gasteiger partial charge < -0.3 is 19.8 Å². The van der Waals surface area contributed by atoms with Crippen molar-refractivity contribution >= 4 is 22.6 Å². The van der Waals surface area contributed by atoms with E-state index in [4.69, 9.17) is 14.9 Å². The Balaban J connectivity index is 2.03. The standard InChI is InChI=1S/C25H21N3O4/c1-12(2)14-10-9-13(3)18-20(14)32-23(29)19-21(18)31-22(27)16(11-26)25(19)15-7-5-6-8-17(15)28(4)24(25)30/h5-10,12H,27H2,1-4H3/t25-/m1/s1. The number of nitrogens with zero attached hydrogens (tertiary/aromatic N) is 2. The minimum absolute atomic E-state index is 0.0124. The van der Waals surface area contributed by atoms with Crippen molar-refractivity contribution in [3.05, 3.63) is 80.5 Å². The molecule has 1 atom stereocenters. The van der Waals surface area contributed by atoms with Crippen LogP contribution in [0.3, 0.4) is 0 Å². The lowest BCUT2D eigenvalue weighted by Gasteiger charge is -2.33. The van der Waals surface area contributed by atoms with Gasteiger partial charge in [-0.1, -0.05) is 44.2 Å². The molecule has 0 saturated heterocycles. The SMILES string of the molecule is Cc1ccc(C(C)C)c2oc(=O)c3c(c12)OC(N)=C(C#N)[C@@]31C(=O)N(C)c2ccccc21. The largest absolute Gasteiger partial charge is 0.439 e. The number of anilines is 1. The predicted octanol–water partition coefficient (Wildman–Crippen LogP) is 3.57. The first-order valence-electron chi connectivity index (χ1n) is 10.3. The average molecular weight is 427 g/mol. The van der Waals surface area contributed by atoms with E-state index in [1.165, 1.54) is 4.90 Å². The molecule has 7 nitrogen and oxygen atoms in total. The zero-order valence-electron chi connectivity index (χ0n) is 18.1. The summed E-state index contributed by atoms with van der Waals surface area (Å²) >= 11 is 0. The summed E-state index contributed by atoms with van der Waals surface area (Å²) in [4.78, 5) is 28.8. The fraction of sp³-hybridized carbons (Fsp3) is 0.240. The van der Waals surface area contributed by atoms with E-state index in [-0.39, 0.29) is 28.7 Å². The maximum Gasteiger partial charge on any atom is 0.345 e. The molecule has 3 aromatic rings. The number of ether oxygens (including phenoxy) is 1. The van der Waals surface area contributed by atoms with Crippen LogP contribution in [0.15, 0.2) is 57.1 Å². The molecule has 0 bridgehead atoms. The average Bonchev–Trinajstić information content (AvgIpc) is 2.96. The van der Waals surface area contributed by atoms with Gasteiger partial charge in [0.15, 0.2) is 11.2 Å². The molecule has 7 heteroatoms. The monoisotopic (exact) mass is 427 g/mol. The van der Waals surface area contributed by atoms with Crippen LogP contribution in [0.2, 0.25) is 0 Å². The molecule has 0 aliphatic carbocycles. The lowest BCUT2D eigenvalue weighted by molar-refractivity contribution is -0.120. The minimum Gasteiger partial charge on any atom is -0.439 e. The Kier molecular flexibility index (Phi) is 4.02. The van der Waals surface area contributed by atoms with Crippen molar-refractivity contribution in [2.24, 2.45) is 5.73 Å². The second-order valence-electron chi connectivity index (χ2n) is 8.51. The van der Waals surface area contributed by atoms with E-state index >= 15 is 0 Å². The number of carbonyl (C=O) groups excluding carboxylic acids is 1. The number of amides is 1. The van der Waals surface area contributed by atoms with Crippen LogP contribution in [-0.4, -0.2) is 13.0 Å². The summed E-state index contributed by atoms with van der Waals surface area (Å²) in [5.41, 5.74) is 6.81. The smallest absolute Gasteiger partial charge is 0.345 e. The molecule has 0 unspecified atom stereocenters. The van der Waals surface area contributed by atoms with Crippen LogP contribution in [0.1, 0.15) is 42.0 Å². The van der Waals surface area contributed by atoms with E-state index in [2.05, 4.69) is 0 Å². The molecule has 0 saturated carbocycles. The first-order chi connectivity index (χ1) is 15.2. The highest BCUT2D eigenvalue weighted by atomic mass is 16.5. The molecule has 2 aromatic carbocycles. The lowest BCUT2D eigenvalue weighted by atomic mass is 9.69. The number of hydrogen-bond acceptors (Lipinski definition) is 6. The lowest BCUT2D eigenvalue weighted by Crippen LogP contribution is -2.47. The van der Waals surface area contributed by atoms with E-state index in [1.54, 1.807) is 31.3 Å². The number of fused-ring (bicyclic) bond motifs is 6. The molecule has 32 heavy (non-hydrogen) atoms. The quantitative estimate of drug-likeness (QED) is 0.595. The molecule has 0 radical (unpaired) electrons. The van der Waals surface area contributed by atoms with E-state index in [0.29, 0.717) is 22.2 Å². The van der Waals surface area contributed by atoms with Crippen molar-refractivity contribution in [2.45, 2.75) is 32.1 Å². The molecule has 1 spiro atoms. The molecule has 2 aliphatic rings. The van der Waals surface area contributed by atoms with E-state index < -0.39 is 16.9 Å². The molecule has 2 N–H and O–H groups in total. The topological polar surface area (TPSA) is 110 Å². The first kappa shape index (κ1) is 19.9. The van der Waals surface area contributed by atoms with Gasteiger partial charge in [-0.3, -0.25) is 4.79 Å². The maximum absolute atomic E-state index is 13.8.